The van der Waals surface area contributed by atoms with Crippen LogP contribution in [0, 0.1) is 17.0 Å². The molecule has 0 saturated heterocycles. The minimum absolute atomic E-state index is 0.000382. The van der Waals surface area contributed by atoms with Gasteiger partial charge in [-0.25, -0.2) is 0 Å². The summed E-state index contributed by atoms with van der Waals surface area (Å²) in [6.45, 7) is 2.04. The summed E-state index contributed by atoms with van der Waals surface area (Å²) in [5.41, 5.74) is 3.56. The molecular formula is C23H17N7O3S. The maximum Gasteiger partial charge on any atom is 0.269 e. The SMILES string of the molecule is Cc1ccccc1-n1c(SCc2nnc(-c3ccc([N+](=O)[O-])cc3)o2)nnc1-c1ccncc1. The lowest BCUT2D eigenvalue weighted by Crippen LogP contribution is -2.02. The molecular weight excluding hydrogens is 454 g/mol. The Hall–Kier alpha value is -4.38. The van der Waals surface area contributed by atoms with E-state index >= 15 is 0 Å². The molecule has 5 rings (SSSR count). The second-order valence-corrected chi connectivity index (χ2v) is 8.20. The van der Waals surface area contributed by atoms with E-state index in [2.05, 4.69) is 25.4 Å². The van der Waals surface area contributed by atoms with E-state index < -0.39 is 4.92 Å². The van der Waals surface area contributed by atoms with Crippen molar-refractivity contribution in [3.05, 3.63) is 94.6 Å². The zero-order chi connectivity index (χ0) is 23.5. The van der Waals surface area contributed by atoms with Gasteiger partial charge < -0.3 is 4.42 Å². The fraction of sp³-hybridized carbons (Fsp3) is 0.0870. The lowest BCUT2D eigenvalue weighted by molar-refractivity contribution is -0.384. The Morgan fingerprint density at radius 3 is 2.44 bits per heavy atom. The van der Waals surface area contributed by atoms with Crippen LogP contribution in [-0.4, -0.2) is 34.9 Å². The molecule has 168 valence electrons. The first-order chi connectivity index (χ1) is 16.6. The highest BCUT2D eigenvalue weighted by Gasteiger charge is 2.19. The molecule has 0 radical (unpaired) electrons. The van der Waals surface area contributed by atoms with Gasteiger partial charge in [0.25, 0.3) is 5.69 Å². The number of para-hydroxylation sites is 1. The van der Waals surface area contributed by atoms with E-state index in [9.17, 15) is 10.1 Å². The summed E-state index contributed by atoms with van der Waals surface area (Å²) in [7, 11) is 0. The highest BCUT2D eigenvalue weighted by Crippen LogP contribution is 2.31. The number of hydrogen-bond acceptors (Lipinski definition) is 9. The van der Waals surface area contributed by atoms with Crippen molar-refractivity contribution < 1.29 is 9.34 Å². The topological polar surface area (TPSA) is 126 Å². The monoisotopic (exact) mass is 471 g/mol. The smallest absolute Gasteiger partial charge is 0.269 e. The van der Waals surface area contributed by atoms with Crippen molar-refractivity contribution in [2.75, 3.05) is 0 Å². The Morgan fingerprint density at radius 1 is 0.941 bits per heavy atom. The summed E-state index contributed by atoms with van der Waals surface area (Å²) in [5, 5.41) is 28.6. The molecule has 0 atom stereocenters. The van der Waals surface area contributed by atoms with E-state index in [-0.39, 0.29) is 5.69 Å². The summed E-state index contributed by atoms with van der Waals surface area (Å²) in [6, 6.07) is 17.8. The van der Waals surface area contributed by atoms with E-state index in [1.54, 1.807) is 24.5 Å². The second-order valence-electron chi connectivity index (χ2n) is 7.26. The number of nitro benzene ring substituents is 1. The molecule has 0 aliphatic rings. The third kappa shape index (κ3) is 4.28. The highest BCUT2D eigenvalue weighted by molar-refractivity contribution is 7.98. The van der Waals surface area contributed by atoms with Gasteiger partial charge in [-0.15, -0.1) is 20.4 Å². The van der Waals surface area contributed by atoms with Crippen LogP contribution in [0.2, 0.25) is 0 Å². The Morgan fingerprint density at radius 2 is 1.71 bits per heavy atom. The molecule has 11 heteroatoms. The minimum Gasteiger partial charge on any atom is -0.420 e. The van der Waals surface area contributed by atoms with Gasteiger partial charge in [0.2, 0.25) is 11.8 Å². The van der Waals surface area contributed by atoms with Crippen molar-refractivity contribution in [1.29, 1.82) is 0 Å². The number of aromatic nitrogens is 6. The van der Waals surface area contributed by atoms with Crippen LogP contribution >= 0.6 is 11.8 Å². The molecule has 5 aromatic rings. The number of nitro groups is 1. The largest absolute Gasteiger partial charge is 0.420 e. The van der Waals surface area contributed by atoms with Crippen LogP contribution in [-0.2, 0) is 5.75 Å². The highest BCUT2D eigenvalue weighted by atomic mass is 32.2. The van der Waals surface area contributed by atoms with Gasteiger partial charge in [-0.05, 0) is 42.8 Å². The number of nitrogens with zero attached hydrogens (tertiary/aromatic N) is 7. The molecule has 0 N–H and O–H groups in total. The van der Waals surface area contributed by atoms with Gasteiger partial charge in [0.05, 0.1) is 16.4 Å². The standard InChI is InChI=1S/C23H17N7O3S/c1-15-4-2-3-5-19(15)29-21(16-10-12-24-13-11-16)26-28-23(29)34-14-20-25-27-22(33-20)17-6-8-18(9-7-17)30(31)32/h2-13H,14H2,1H3. The number of pyridine rings is 1. The molecule has 0 amide bonds. The summed E-state index contributed by atoms with van der Waals surface area (Å²) in [6.07, 6.45) is 3.44. The third-order valence-corrected chi connectivity index (χ3v) is 5.96. The summed E-state index contributed by atoms with van der Waals surface area (Å²) >= 11 is 1.42. The van der Waals surface area contributed by atoms with Crippen LogP contribution in [0.5, 0.6) is 0 Å². The van der Waals surface area contributed by atoms with Crippen LogP contribution in [0.15, 0.2) is 82.6 Å². The Balaban J connectivity index is 1.42. The third-order valence-electron chi connectivity index (χ3n) is 5.04. The molecule has 0 saturated carbocycles. The Kier molecular flexibility index (Phi) is 5.83. The Labute approximate surface area is 197 Å². The summed E-state index contributed by atoms with van der Waals surface area (Å²) in [4.78, 5) is 14.5. The first-order valence-electron chi connectivity index (χ1n) is 10.2. The zero-order valence-corrected chi connectivity index (χ0v) is 18.7. The first-order valence-corrected chi connectivity index (χ1v) is 11.2. The number of rotatable bonds is 7. The average molecular weight is 472 g/mol. The van der Waals surface area contributed by atoms with Gasteiger partial charge in [0.1, 0.15) is 0 Å². The molecule has 10 nitrogen and oxygen atoms in total. The lowest BCUT2D eigenvalue weighted by atomic mass is 10.2. The van der Waals surface area contributed by atoms with Crippen LogP contribution in [0.4, 0.5) is 5.69 Å². The van der Waals surface area contributed by atoms with Crippen molar-refractivity contribution >= 4 is 17.4 Å². The zero-order valence-electron chi connectivity index (χ0n) is 17.9. The van der Waals surface area contributed by atoms with Gasteiger partial charge >= 0.3 is 0 Å². The molecule has 0 aliphatic carbocycles. The van der Waals surface area contributed by atoms with Crippen molar-refractivity contribution in [1.82, 2.24) is 29.9 Å². The maximum absolute atomic E-state index is 10.9. The molecule has 3 aromatic heterocycles. The van der Waals surface area contributed by atoms with Gasteiger partial charge in [-0.2, -0.15) is 0 Å². The van der Waals surface area contributed by atoms with Crippen LogP contribution in [0.1, 0.15) is 11.5 Å². The summed E-state index contributed by atoms with van der Waals surface area (Å²) in [5.74, 6) is 1.78. The molecule has 34 heavy (non-hydrogen) atoms. The van der Waals surface area contributed by atoms with E-state index in [4.69, 9.17) is 4.42 Å². The van der Waals surface area contributed by atoms with Crippen molar-refractivity contribution in [2.45, 2.75) is 17.8 Å². The van der Waals surface area contributed by atoms with E-state index in [1.807, 2.05) is 47.9 Å². The second kappa shape index (κ2) is 9.24. The molecule has 3 heterocycles. The Bertz CT molecular complexity index is 1450. The van der Waals surface area contributed by atoms with Gasteiger partial charge in [-0.3, -0.25) is 19.7 Å². The fourth-order valence-corrected chi connectivity index (χ4v) is 4.15. The van der Waals surface area contributed by atoms with Gasteiger partial charge in [0.15, 0.2) is 11.0 Å². The maximum atomic E-state index is 10.9. The number of benzene rings is 2. The molecule has 0 fully saturated rings. The molecule has 0 aliphatic heterocycles. The van der Waals surface area contributed by atoms with E-state index in [0.717, 1.165) is 16.8 Å². The van der Waals surface area contributed by atoms with E-state index in [1.165, 1.54) is 23.9 Å². The van der Waals surface area contributed by atoms with Crippen molar-refractivity contribution in [3.8, 4) is 28.5 Å². The normalized spacial score (nSPS) is 11.0. The predicted octanol–water partition coefficient (Wildman–Crippen LogP) is 4.89. The lowest BCUT2D eigenvalue weighted by Gasteiger charge is -2.12. The van der Waals surface area contributed by atoms with Crippen molar-refractivity contribution in [2.24, 2.45) is 0 Å². The predicted molar refractivity (Wildman–Crippen MR) is 125 cm³/mol. The quantitative estimate of drug-likeness (QED) is 0.185. The van der Waals surface area contributed by atoms with Crippen molar-refractivity contribution in [3.63, 3.8) is 0 Å². The van der Waals surface area contributed by atoms with Crippen LogP contribution in [0.3, 0.4) is 0 Å². The number of thioether (sulfide) groups is 1. The van der Waals surface area contributed by atoms with E-state index in [0.29, 0.717) is 34.1 Å². The number of hydrogen-bond donors (Lipinski definition) is 0. The number of non-ortho nitro benzene ring substituents is 1. The van der Waals surface area contributed by atoms with Gasteiger partial charge in [-0.1, -0.05) is 30.0 Å². The molecule has 0 spiro atoms. The fourth-order valence-electron chi connectivity index (χ4n) is 3.36. The molecule has 0 bridgehead atoms. The van der Waals surface area contributed by atoms with Crippen LogP contribution in [0.25, 0.3) is 28.5 Å². The minimum atomic E-state index is -0.454. The number of aryl methyl sites for hydroxylation is 1. The first kappa shape index (κ1) is 21.5. The molecule has 0 unspecified atom stereocenters. The van der Waals surface area contributed by atoms with Crippen LogP contribution < -0.4 is 0 Å². The summed E-state index contributed by atoms with van der Waals surface area (Å²) < 4.78 is 7.78. The van der Waals surface area contributed by atoms with Gasteiger partial charge in [0, 0.05) is 35.7 Å². The molecule has 2 aromatic carbocycles. The average Bonchev–Trinajstić information content (AvgIpc) is 3.51.